The van der Waals surface area contributed by atoms with Gasteiger partial charge in [-0.05, 0) is 83.5 Å². The molecule has 0 spiro atoms. The highest BCUT2D eigenvalue weighted by Gasteiger charge is 2.27. The molecule has 0 bridgehead atoms. The molecule has 0 radical (unpaired) electrons. The van der Waals surface area contributed by atoms with Gasteiger partial charge in [0.25, 0.3) is 0 Å². The zero-order valence-corrected chi connectivity index (χ0v) is 48.3. The Morgan fingerprint density at radius 3 is 1.28 bits per heavy atom. The lowest BCUT2D eigenvalue weighted by atomic mass is 10.0. The first-order valence-corrected chi connectivity index (χ1v) is 31.1. The van der Waals surface area contributed by atoms with Crippen LogP contribution in [0.5, 0.6) is 0 Å². The van der Waals surface area contributed by atoms with Crippen LogP contribution in [-0.2, 0) is 18.4 Å². The first-order valence-electron chi connectivity index (χ1n) is 29.6. The van der Waals surface area contributed by atoms with E-state index < -0.39 is 20.0 Å². The van der Waals surface area contributed by atoms with E-state index in [2.05, 4.69) is 104 Å². The van der Waals surface area contributed by atoms with Gasteiger partial charge >= 0.3 is 7.82 Å². The van der Waals surface area contributed by atoms with E-state index in [4.69, 9.17) is 9.05 Å². The topological polar surface area (TPSA) is 105 Å². The van der Waals surface area contributed by atoms with Gasteiger partial charge in [0.15, 0.2) is 0 Å². The van der Waals surface area contributed by atoms with Crippen molar-refractivity contribution < 1.29 is 32.9 Å². The van der Waals surface area contributed by atoms with Crippen LogP contribution in [0, 0.1) is 0 Å². The quantitative estimate of drug-likeness (QED) is 0.0243. The summed E-state index contributed by atoms with van der Waals surface area (Å²) in [6.45, 7) is 4.65. The van der Waals surface area contributed by atoms with Crippen LogP contribution >= 0.6 is 7.82 Å². The number of phosphoric acid groups is 1. The van der Waals surface area contributed by atoms with Gasteiger partial charge in [0, 0.05) is 6.42 Å². The number of phosphoric ester groups is 1. The molecular formula is C63H114N2O6P+. The molecule has 3 N–H and O–H groups in total. The van der Waals surface area contributed by atoms with Crippen molar-refractivity contribution in [2.24, 2.45) is 0 Å². The predicted molar refractivity (Wildman–Crippen MR) is 313 cm³/mol. The summed E-state index contributed by atoms with van der Waals surface area (Å²) < 4.78 is 23.7. The Morgan fingerprint density at radius 2 is 0.847 bits per heavy atom. The van der Waals surface area contributed by atoms with Gasteiger partial charge in [0.1, 0.15) is 13.2 Å². The molecule has 0 aromatic carbocycles. The lowest BCUT2D eigenvalue weighted by Gasteiger charge is -2.25. The monoisotopic (exact) mass is 1030 g/mol. The molecule has 0 heterocycles. The fourth-order valence-corrected chi connectivity index (χ4v) is 8.92. The van der Waals surface area contributed by atoms with E-state index >= 15 is 0 Å². The SMILES string of the molecule is CC/C=C\C/C=C\C/C=C\C/C=C\C/C=C\C/C=C\CCCCC(=O)NC(COP(=O)(O)OCC[N+](C)(C)C)C(O)/C=C/CC/C=C/CCCCCCCCCCCCCCCCCCCCCCCCC. The number of aliphatic hydroxyl groups is 1. The largest absolute Gasteiger partial charge is 0.472 e. The average molecular weight is 1030 g/mol. The van der Waals surface area contributed by atoms with Crippen molar-refractivity contribution >= 4 is 13.7 Å². The minimum absolute atomic E-state index is 0.0424. The molecule has 0 aliphatic carbocycles. The lowest BCUT2D eigenvalue weighted by Crippen LogP contribution is -2.45. The lowest BCUT2D eigenvalue weighted by molar-refractivity contribution is -0.870. The van der Waals surface area contributed by atoms with Crippen LogP contribution in [0.2, 0.25) is 0 Å². The number of nitrogens with zero attached hydrogens (tertiary/aromatic N) is 1. The molecule has 416 valence electrons. The number of hydrogen-bond acceptors (Lipinski definition) is 5. The summed E-state index contributed by atoms with van der Waals surface area (Å²) in [5, 5.41) is 13.9. The minimum atomic E-state index is -4.38. The van der Waals surface area contributed by atoms with Crippen LogP contribution in [0.3, 0.4) is 0 Å². The number of aliphatic hydroxyl groups excluding tert-OH is 1. The molecule has 72 heavy (non-hydrogen) atoms. The molecule has 0 fully saturated rings. The second kappa shape index (κ2) is 53.3. The number of unbranched alkanes of at least 4 members (excludes halogenated alkanes) is 26. The van der Waals surface area contributed by atoms with Crippen LogP contribution in [0.15, 0.2) is 97.2 Å². The van der Waals surface area contributed by atoms with Gasteiger partial charge < -0.3 is 19.8 Å². The number of likely N-dealkylation sites (N-methyl/N-ethyl adjacent to an activating group) is 1. The third-order valence-electron chi connectivity index (χ3n) is 12.8. The van der Waals surface area contributed by atoms with Crippen LogP contribution in [0.4, 0.5) is 0 Å². The Bertz CT molecular complexity index is 1490. The summed E-state index contributed by atoms with van der Waals surface area (Å²) in [7, 11) is 1.51. The van der Waals surface area contributed by atoms with Gasteiger partial charge in [0.05, 0.1) is 39.9 Å². The molecule has 0 aromatic heterocycles. The van der Waals surface area contributed by atoms with E-state index in [0.29, 0.717) is 17.4 Å². The molecular weight excluding hydrogens is 912 g/mol. The van der Waals surface area contributed by atoms with Crippen LogP contribution < -0.4 is 5.32 Å². The van der Waals surface area contributed by atoms with Crippen LogP contribution in [0.25, 0.3) is 0 Å². The smallest absolute Gasteiger partial charge is 0.387 e. The van der Waals surface area contributed by atoms with Crippen molar-refractivity contribution in [3.63, 3.8) is 0 Å². The fraction of sp³-hybridized carbons (Fsp3) is 0.730. The summed E-state index contributed by atoms with van der Waals surface area (Å²) >= 11 is 0. The van der Waals surface area contributed by atoms with Gasteiger partial charge in [-0.2, -0.15) is 0 Å². The third-order valence-corrected chi connectivity index (χ3v) is 13.8. The van der Waals surface area contributed by atoms with Crippen molar-refractivity contribution in [3.8, 4) is 0 Å². The third kappa shape index (κ3) is 55.2. The summed E-state index contributed by atoms with van der Waals surface area (Å²) in [6.07, 6.45) is 76.8. The van der Waals surface area contributed by atoms with Crippen molar-refractivity contribution in [1.29, 1.82) is 0 Å². The standard InChI is InChI=1S/C63H113N2O6P/c1-6-8-10-12-14-16-18-20-22-24-26-28-29-30-31-32-33-34-35-37-38-40-42-44-46-48-50-52-54-56-62(66)61(60-71-72(68,69)70-59-58-65(3,4)5)64-63(67)57-55-53-51-49-47-45-43-41-39-36-27-25-23-21-19-17-15-13-11-9-7-2/h9,11,15,17,21,23,27,36,41,43,46-49,54,56,61-62,66H,6-8,10,12-14,16,18-20,22,24-26,28-35,37-40,42,44-45,50-53,55,57-60H2,1-5H3,(H-,64,67,68,69)/p+1/b11-9-,17-15-,23-21-,36-27-,43-41-,48-46+,49-47-,56-54+. The highest BCUT2D eigenvalue weighted by molar-refractivity contribution is 7.47. The Labute approximate surface area is 445 Å². The highest BCUT2D eigenvalue weighted by atomic mass is 31.2. The molecule has 3 unspecified atom stereocenters. The Balaban J connectivity index is 4.30. The summed E-state index contributed by atoms with van der Waals surface area (Å²) in [6, 6.07) is -0.895. The second-order valence-corrected chi connectivity index (χ2v) is 22.4. The molecule has 0 aliphatic heterocycles. The van der Waals surface area contributed by atoms with Crippen LogP contribution in [0.1, 0.15) is 245 Å². The first-order chi connectivity index (χ1) is 35.0. The van der Waals surface area contributed by atoms with E-state index in [1.807, 2.05) is 27.2 Å². The van der Waals surface area contributed by atoms with Crippen molar-refractivity contribution in [1.82, 2.24) is 5.32 Å². The minimum Gasteiger partial charge on any atom is -0.387 e. The molecule has 8 nitrogen and oxygen atoms in total. The van der Waals surface area contributed by atoms with E-state index in [0.717, 1.165) is 70.6 Å². The number of hydrogen-bond donors (Lipinski definition) is 3. The van der Waals surface area contributed by atoms with Gasteiger partial charge in [-0.25, -0.2) is 4.57 Å². The maximum absolute atomic E-state index is 13.0. The summed E-state index contributed by atoms with van der Waals surface area (Å²) in [4.78, 5) is 23.3. The average Bonchev–Trinajstić information content (AvgIpc) is 3.34. The number of rotatable bonds is 53. The molecule has 9 heteroatoms. The number of amides is 1. The van der Waals surface area contributed by atoms with E-state index in [1.54, 1.807) is 6.08 Å². The normalized spacial score (nSPS) is 14.6. The first kappa shape index (κ1) is 69.4. The number of carbonyl (C=O) groups excluding carboxylic acids is 1. The molecule has 0 saturated heterocycles. The van der Waals surface area contributed by atoms with Gasteiger partial charge in [-0.15, -0.1) is 0 Å². The molecule has 1 amide bonds. The molecule has 0 rings (SSSR count). The predicted octanol–water partition coefficient (Wildman–Crippen LogP) is 18.2. The molecule has 0 aromatic rings. The number of nitrogens with one attached hydrogen (secondary N) is 1. The number of carbonyl (C=O) groups is 1. The maximum atomic E-state index is 13.0. The number of allylic oxidation sites excluding steroid dienone is 15. The molecule has 0 saturated carbocycles. The molecule has 0 aliphatic rings. The van der Waals surface area contributed by atoms with Gasteiger partial charge in [0.2, 0.25) is 5.91 Å². The molecule has 3 atom stereocenters. The summed E-state index contributed by atoms with van der Waals surface area (Å²) in [5.41, 5.74) is 0. The van der Waals surface area contributed by atoms with E-state index in [-0.39, 0.29) is 25.5 Å². The Morgan fingerprint density at radius 1 is 0.486 bits per heavy atom. The zero-order valence-electron chi connectivity index (χ0n) is 47.4. The number of quaternary nitrogens is 1. The van der Waals surface area contributed by atoms with E-state index in [1.165, 1.54) is 148 Å². The van der Waals surface area contributed by atoms with Crippen molar-refractivity contribution in [3.05, 3.63) is 97.2 Å². The van der Waals surface area contributed by atoms with Crippen molar-refractivity contribution in [2.75, 3.05) is 40.9 Å². The fourth-order valence-electron chi connectivity index (χ4n) is 8.18. The van der Waals surface area contributed by atoms with Gasteiger partial charge in [-0.1, -0.05) is 252 Å². The Hall–Kier alpha value is -2.58. The zero-order chi connectivity index (χ0) is 52.7. The van der Waals surface area contributed by atoms with Crippen LogP contribution in [-0.4, -0.2) is 73.4 Å². The van der Waals surface area contributed by atoms with Crippen molar-refractivity contribution in [2.45, 2.75) is 257 Å². The summed E-state index contributed by atoms with van der Waals surface area (Å²) in [5.74, 6) is -0.231. The maximum Gasteiger partial charge on any atom is 0.472 e. The Kier molecular flexibility index (Phi) is 51.3. The van der Waals surface area contributed by atoms with Gasteiger partial charge in [-0.3, -0.25) is 13.8 Å². The second-order valence-electron chi connectivity index (χ2n) is 21.0. The highest BCUT2D eigenvalue weighted by Crippen LogP contribution is 2.43. The van der Waals surface area contributed by atoms with E-state index in [9.17, 15) is 19.4 Å².